The molecular weight excluding hydrogens is 668 g/mol. The van der Waals surface area contributed by atoms with Crippen molar-refractivity contribution in [3.05, 3.63) is 22.7 Å². The van der Waals surface area contributed by atoms with Crippen LogP contribution in [0.4, 0.5) is 14.6 Å². The van der Waals surface area contributed by atoms with E-state index in [2.05, 4.69) is 18.8 Å². The number of nitrogens with two attached hydrogens (primary N) is 1. The Morgan fingerprint density at radius 3 is 1.54 bits per heavy atom. The molecule has 1 aliphatic rings. The number of carbonyl (C=O) groups excluding carboxylic acids is 2. The third kappa shape index (κ3) is 19.0. The summed E-state index contributed by atoms with van der Waals surface area (Å²) in [5.74, 6) is -5.22. The van der Waals surface area contributed by atoms with Gasteiger partial charge in [-0.3, -0.25) is 14.2 Å². The van der Waals surface area contributed by atoms with Gasteiger partial charge in [0.25, 0.3) is 0 Å². The summed E-state index contributed by atoms with van der Waals surface area (Å²) in [5, 5.41) is 0. The lowest BCUT2D eigenvalue weighted by Crippen LogP contribution is -2.44. The second-order valence-corrected chi connectivity index (χ2v) is 14.8. The lowest BCUT2D eigenvalue weighted by molar-refractivity contribution is -0.177. The molecule has 11 heteroatoms. The third-order valence-electron chi connectivity index (χ3n) is 10.1. The van der Waals surface area contributed by atoms with Crippen LogP contribution in [-0.4, -0.2) is 46.2 Å². The Hall–Kier alpha value is -2.56. The molecule has 0 bridgehead atoms. The van der Waals surface area contributed by atoms with Gasteiger partial charge in [-0.2, -0.15) is 13.8 Å². The Balaban J connectivity index is 1.74. The topological polar surface area (TPSA) is 123 Å². The number of halogens is 2. The molecule has 1 saturated heterocycles. The minimum atomic E-state index is -3.79. The number of rotatable bonds is 32. The maximum absolute atomic E-state index is 15.8. The van der Waals surface area contributed by atoms with Crippen molar-refractivity contribution in [3.63, 3.8) is 0 Å². The summed E-state index contributed by atoms with van der Waals surface area (Å²) in [5.41, 5.74) is 4.52. The third-order valence-corrected chi connectivity index (χ3v) is 10.1. The number of ether oxygens (including phenoxy) is 3. The number of alkyl halides is 2. The van der Waals surface area contributed by atoms with E-state index in [1.807, 2.05) is 0 Å². The number of hydrogen-bond donors (Lipinski definition) is 1. The maximum atomic E-state index is 15.8. The fraction of sp³-hybridized carbons (Fsp3) is 0.854. The summed E-state index contributed by atoms with van der Waals surface area (Å²) in [6.07, 6.45) is 25.8. The van der Waals surface area contributed by atoms with E-state index >= 15 is 8.78 Å². The van der Waals surface area contributed by atoms with Gasteiger partial charge in [-0.1, -0.05) is 168 Å². The van der Waals surface area contributed by atoms with E-state index in [9.17, 15) is 14.4 Å². The monoisotopic (exact) mass is 740 g/mol. The molecule has 1 aromatic heterocycles. The zero-order valence-electron chi connectivity index (χ0n) is 32.6. The number of hydrogen-bond acceptors (Lipinski definition) is 8. The predicted octanol–water partition coefficient (Wildman–Crippen LogP) is 10.8. The highest BCUT2D eigenvalue weighted by atomic mass is 19.3. The molecule has 0 radical (unpaired) electrons. The molecule has 0 aliphatic carbocycles. The molecule has 2 N–H and O–H groups in total. The van der Waals surface area contributed by atoms with Crippen molar-refractivity contribution < 1.29 is 32.6 Å². The van der Waals surface area contributed by atoms with Gasteiger partial charge in [0.1, 0.15) is 18.5 Å². The molecule has 3 atom stereocenters. The van der Waals surface area contributed by atoms with E-state index < -0.39 is 48.6 Å². The molecule has 1 aromatic rings. The highest BCUT2D eigenvalue weighted by molar-refractivity contribution is 5.70. The normalized spacial score (nSPS) is 18.1. The second kappa shape index (κ2) is 28.0. The number of anilines is 1. The Labute approximate surface area is 312 Å². The summed E-state index contributed by atoms with van der Waals surface area (Å²) in [7, 11) is 0. The van der Waals surface area contributed by atoms with Crippen LogP contribution in [0.25, 0.3) is 0 Å². The molecule has 2 heterocycles. The van der Waals surface area contributed by atoms with Gasteiger partial charge < -0.3 is 19.9 Å². The van der Waals surface area contributed by atoms with Crippen LogP contribution in [0, 0.1) is 0 Å². The number of carbonyl (C=O) groups is 2. The van der Waals surface area contributed by atoms with E-state index in [0.29, 0.717) is 17.4 Å². The highest BCUT2D eigenvalue weighted by Crippen LogP contribution is 2.44. The van der Waals surface area contributed by atoms with Crippen molar-refractivity contribution in [2.24, 2.45) is 0 Å². The Morgan fingerprint density at radius 1 is 0.712 bits per heavy atom. The first-order valence-corrected chi connectivity index (χ1v) is 20.9. The minimum absolute atomic E-state index is 0.00998. The SMILES string of the molecule is CCCCCCCCCCCCCCCC(=O)OC[C@H]1O[C@@H](n2ccc(N)nc2=O)C(F)(F)[C@@H]1OC(=O)CCCCCCCCCCCCCCC. The molecule has 300 valence electrons. The lowest BCUT2D eigenvalue weighted by Gasteiger charge is -2.24. The van der Waals surface area contributed by atoms with Gasteiger partial charge >= 0.3 is 23.6 Å². The first-order chi connectivity index (χ1) is 25.2. The van der Waals surface area contributed by atoms with Gasteiger partial charge in [-0.15, -0.1) is 0 Å². The van der Waals surface area contributed by atoms with Gasteiger partial charge in [0.2, 0.25) is 6.23 Å². The summed E-state index contributed by atoms with van der Waals surface area (Å²) < 4.78 is 48.4. The average Bonchev–Trinajstić information content (AvgIpc) is 3.36. The summed E-state index contributed by atoms with van der Waals surface area (Å²) in [6, 6.07) is 1.21. The molecule has 0 unspecified atom stereocenters. The fourth-order valence-electron chi connectivity index (χ4n) is 6.87. The van der Waals surface area contributed by atoms with Gasteiger partial charge in [0.15, 0.2) is 6.10 Å². The number of esters is 2. The average molecular weight is 740 g/mol. The Morgan fingerprint density at radius 2 is 1.12 bits per heavy atom. The molecule has 2 rings (SSSR count). The predicted molar refractivity (Wildman–Crippen MR) is 203 cm³/mol. The van der Waals surface area contributed by atoms with Crippen LogP contribution in [0.5, 0.6) is 0 Å². The quantitative estimate of drug-likeness (QED) is 0.0572. The molecular formula is C41H71F2N3O6. The van der Waals surface area contributed by atoms with E-state index in [4.69, 9.17) is 19.9 Å². The molecule has 0 saturated carbocycles. The largest absolute Gasteiger partial charge is 0.463 e. The second-order valence-electron chi connectivity index (χ2n) is 14.8. The molecule has 0 aromatic carbocycles. The van der Waals surface area contributed by atoms with Crippen LogP contribution in [0.2, 0.25) is 0 Å². The van der Waals surface area contributed by atoms with E-state index in [-0.39, 0.29) is 18.7 Å². The van der Waals surface area contributed by atoms with Crippen molar-refractivity contribution in [2.45, 2.75) is 218 Å². The summed E-state index contributed by atoms with van der Waals surface area (Å²) in [4.78, 5) is 41.3. The lowest BCUT2D eigenvalue weighted by atomic mass is 10.0. The number of unbranched alkanes of at least 4 members (excludes halogenated alkanes) is 24. The van der Waals surface area contributed by atoms with Crippen LogP contribution in [0.1, 0.15) is 200 Å². The number of aromatic nitrogens is 2. The summed E-state index contributed by atoms with van der Waals surface area (Å²) in [6.45, 7) is 3.93. The molecule has 1 aliphatic heterocycles. The minimum Gasteiger partial charge on any atom is -0.463 e. The standard InChI is InChI=1S/C41H71F2N3O6/c1-3-5-7-9-11-13-15-17-19-21-23-25-27-29-36(47)50-33-34-38(41(42,43)39(51-34)46-32-31-35(44)45-40(46)49)52-37(48)30-28-26-24-22-20-18-16-14-12-10-8-6-4-2/h31-32,34,38-39H,3-30,33H2,1-2H3,(H2,44,45,49)/t34-,38-,39-/m1/s1. The number of nitrogen functional groups attached to an aromatic ring is 1. The first kappa shape index (κ1) is 45.6. The van der Waals surface area contributed by atoms with Gasteiger partial charge in [0.05, 0.1) is 0 Å². The fourth-order valence-corrected chi connectivity index (χ4v) is 6.87. The molecule has 9 nitrogen and oxygen atoms in total. The van der Waals surface area contributed by atoms with Crippen molar-refractivity contribution in [3.8, 4) is 0 Å². The van der Waals surface area contributed by atoms with E-state index in [0.717, 1.165) is 51.1 Å². The smallest absolute Gasteiger partial charge is 0.351 e. The Kier molecular flexibility index (Phi) is 24.5. The van der Waals surface area contributed by atoms with Crippen LogP contribution in [0.15, 0.2) is 17.1 Å². The molecule has 52 heavy (non-hydrogen) atoms. The van der Waals surface area contributed by atoms with Crippen LogP contribution >= 0.6 is 0 Å². The van der Waals surface area contributed by atoms with Crippen molar-refractivity contribution >= 4 is 17.8 Å². The van der Waals surface area contributed by atoms with Gasteiger partial charge in [-0.25, -0.2) is 4.79 Å². The van der Waals surface area contributed by atoms with Crippen LogP contribution < -0.4 is 11.4 Å². The zero-order chi connectivity index (χ0) is 37.9. The molecule has 0 amide bonds. The zero-order valence-corrected chi connectivity index (χ0v) is 32.6. The molecule has 0 spiro atoms. The van der Waals surface area contributed by atoms with Crippen LogP contribution in [0.3, 0.4) is 0 Å². The van der Waals surface area contributed by atoms with E-state index in [1.165, 1.54) is 115 Å². The molecule has 1 fully saturated rings. The number of nitrogens with zero attached hydrogens (tertiary/aromatic N) is 2. The van der Waals surface area contributed by atoms with Crippen molar-refractivity contribution in [2.75, 3.05) is 12.3 Å². The van der Waals surface area contributed by atoms with Gasteiger partial charge in [0, 0.05) is 19.0 Å². The summed E-state index contributed by atoms with van der Waals surface area (Å²) >= 11 is 0. The van der Waals surface area contributed by atoms with Crippen molar-refractivity contribution in [1.82, 2.24) is 9.55 Å². The van der Waals surface area contributed by atoms with Crippen LogP contribution in [-0.2, 0) is 23.8 Å². The van der Waals surface area contributed by atoms with Crippen molar-refractivity contribution in [1.29, 1.82) is 0 Å². The maximum Gasteiger partial charge on any atom is 0.351 e. The first-order valence-electron chi connectivity index (χ1n) is 20.9. The van der Waals surface area contributed by atoms with Gasteiger partial charge in [-0.05, 0) is 18.9 Å². The highest BCUT2D eigenvalue weighted by Gasteiger charge is 2.62. The van der Waals surface area contributed by atoms with E-state index in [1.54, 1.807) is 0 Å². The Bertz CT molecular complexity index is 1150.